The molecule has 0 amide bonds. The van der Waals surface area contributed by atoms with Crippen molar-refractivity contribution in [2.75, 3.05) is 6.61 Å². The maximum Gasteiger partial charge on any atom is 0.124 e. The van der Waals surface area contributed by atoms with Crippen molar-refractivity contribution in [2.45, 2.75) is 6.61 Å². The van der Waals surface area contributed by atoms with Gasteiger partial charge in [-0.15, -0.1) is 0 Å². The van der Waals surface area contributed by atoms with Crippen LogP contribution in [0.5, 0.6) is 0 Å². The number of aliphatic hydroxyl groups excluding tert-OH is 1. The molecule has 84 valence electrons. The Morgan fingerprint density at radius 2 is 2.00 bits per heavy atom. The molecule has 0 fully saturated rings. The fourth-order valence-electron chi connectivity index (χ4n) is 1.19. The molecule has 0 aliphatic rings. The molecule has 0 aliphatic carbocycles. The molecular weight excluding hydrogens is 200 g/mol. The smallest absolute Gasteiger partial charge is 0.124 e. The maximum absolute atomic E-state index is 8.97. The molecule has 0 spiro atoms. The van der Waals surface area contributed by atoms with Gasteiger partial charge < -0.3 is 9.84 Å². The molecule has 0 aliphatic heterocycles. The highest BCUT2D eigenvalue weighted by Gasteiger charge is 2.02. The molecule has 1 N–H and O–H groups in total. The van der Waals surface area contributed by atoms with Gasteiger partial charge >= 0.3 is 0 Å². The van der Waals surface area contributed by atoms with Crippen LogP contribution >= 0.6 is 0 Å². The number of benzene rings is 1. The summed E-state index contributed by atoms with van der Waals surface area (Å²) in [7, 11) is 0. The Morgan fingerprint density at radius 3 is 2.56 bits per heavy atom. The predicted octanol–water partition coefficient (Wildman–Crippen LogP) is 2.82. The Kier molecular flexibility index (Phi) is 5.09. The summed E-state index contributed by atoms with van der Waals surface area (Å²) in [6.45, 7) is 7.65. The first-order valence-electron chi connectivity index (χ1n) is 5.06. The fraction of sp³-hybridized carbons (Fsp3) is 0.143. The zero-order valence-corrected chi connectivity index (χ0v) is 9.23. The molecule has 1 rings (SSSR count). The van der Waals surface area contributed by atoms with E-state index >= 15 is 0 Å². The van der Waals surface area contributed by atoms with Gasteiger partial charge in [-0.1, -0.05) is 49.6 Å². The Morgan fingerprint density at radius 1 is 1.31 bits per heavy atom. The number of hydrogen-bond donors (Lipinski definition) is 1. The van der Waals surface area contributed by atoms with Gasteiger partial charge in [0.1, 0.15) is 12.4 Å². The molecule has 0 saturated heterocycles. The first-order chi connectivity index (χ1) is 7.77. The molecule has 0 atom stereocenters. The van der Waals surface area contributed by atoms with Gasteiger partial charge in [-0.05, 0) is 11.6 Å². The lowest BCUT2D eigenvalue weighted by Crippen LogP contribution is -1.99. The van der Waals surface area contributed by atoms with Crippen LogP contribution in [0.4, 0.5) is 0 Å². The van der Waals surface area contributed by atoms with Crippen molar-refractivity contribution < 1.29 is 9.84 Å². The van der Waals surface area contributed by atoms with E-state index in [1.807, 2.05) is 30.3 Å². The monoisotopic (exact) mass is 216 g/mol. The van der Waals surface area contributed by atoms with Gasteiger partial charge in [-0.2, -0.15) is 0 Å². The first-order valence-corrected chi connectivity index (χ1v) is 5.06. The van der Waals surface area contributed by atoms with Gasteiger partial charge in [0.25, 0.3) is 0 Å². The van der Waals surface area contributed by atoms with Gasteiger partial charge in [-0.3, -0.25) is 0 Å². The molecule has 1 aromatic rings. The molecular formula is C14H16O2. The van der Waals surface area contributed by atoms with Crippen LogP contribution in [0.25, 0.3) is 0 Å². The lowest BCUT2D eigenvalue weighted by Gasteiger charge is -2.10. The molecule has 2 heteroatoms. The Labute approximate surface area is 96.2 Å². The molecule has 0 aromatic heterocycles. The summed E-state index contributed by atoms with van der Waals surface area (Å²) >= 11 is 0. The minimum atomic E-state index is -0.117. The van der Waals surface area contributed by atoms with E-state index in [9.17, 15) is 0 Å². The standard InChI is InChI=1S/C14H16O2/c1-3-7-14(12(2)10-15)16-11-13-8-5-4-6-9-13/h3-9,15H,1-2,10-11H2/b14-7+. The van der Waals surface area contributed by atoms with Crippen LogP contribution in [0.15, 0.2) is 67.0 Å². The van der Waals surface area contributed by atoms with Crippen LogP contribution in [-0.4, -0.2) is 11.7 Å². The summed E-state index contributed by atoms with van der Waals surface area (Å²) in [4.78, 5) is 0. The number of aliphatic hydroxyl groups is 1. The van der Waals surface area contributed by atoms with Crippen molar-refractivity contribution in [1.82, 2.24) is 0 Å². The summed E-state index contributed by atoms with van der Waals surface area (Å²) < 4.78 is 5.55. The van der Waals surface area contributed by atoms with Gasteiger partial charge in [0.05, 0.1) is 6.61 Å². The maximum atomic E-state index is 8.97. The first kappa shape index (κ1) is 12.3. The van der Waals surface area contributed by atoms with E-state index in [0.717, 1.165) is 5.56 Å². The summed E-state index contributed by atoms with van der Waals surface area (Å²) in [5.74, 6) is 0.571. The largest absolute Gasteiger partial charge is 0.489 e. The Balaban J connectivity index is 2.61. The lowest BCUT2D eigenvalue weighted by atomic mass is 10.2. The Bertz CT molecular complexity index is 377. The quantitative estimate of drug-likeness (QED) is 0.585. The summed E-state index contributed by atoms with van der Waals surface area (Å²) in [5.41, 5.74) is 1.62. The van der Waals surface area contributed by atoms with Gasteiger partial charge in [-0.25, -0.2) is 0 Å². The van der Waals surface area contributed by atoms with Gasteiger partial charge in [0.15, 0.2) is 0 Å². The van der Waals surface area contributed by atoms with E-state index < -0.39 is 0 Å². The van der Waals surface area contributed by atoms with Crippen LogP contribution in [0.3, 0.4) is 0 Å². The van der Waals surface area contributed by atoms with Crippen molar-refractivity contribution in [1.29, 1.82) is 0 Å². The molecule has 1 aromatic carbocycles. The minimum Gasteiger partial charge on any atom is -0.489 e. The SMILES string of the molecule is C=C/C=C(/OCc1ccccc1)C(=C)CO. The van der Waals surface area contributed by atoms with Crippen molar-refractivity contribution in [2.24, 2.45) is 0 Å². The van der Waals surface area contributed by atoms with Crippen LogP contribution < -0.4 is 0 Å². The topological polar surface area (TPSA) is 29.5 Å². The van der Waals surface area contributed by atoms with Crippen molar-refractivity contribution in [3.8, 4) is 0 Å². The van der Waals surface area contributed by atoms with Crippen LogP contribution in [-0.2, 0) is 11.3 Å². The van der Waals surface area contributed by atoms with Gasteiger partial charge in [0.2, 0.25) is 0 Å². The number of hydrogen-bond acceptors (Lipinski definition) is 2. The zero-order valence-electron chi connectivity index (χ0n) is 9.23. The average Bonchev–Trinajstić information content (AvgIpc) is 2.34. The van der Waals surface area contributed by atoms with Gasteiger partial charge in [0, 0.05) is 5.57 Å². The van der Waals surface area contributed by atoms with E-state index in [1.54, 1.807) is 12.2 Å². The molecule has 0 bridgehead atoms. The minimum absolute atomic E-state index is 0.117. The highest BCUT2D eigenvalue weighted by atomic mass is 16.5. The number of ether oxygens (including phenoxy) is 1. The summed E-state index contributed by atoms with van der Waals surface area (Å²) in [6.07, 6.45) is 3.31. The highest BCUT2D eigenvalue weighted by molar-refractivity contribution is 5.26. The second kappa shape index (κ2) is 6.64. The third-order valence-corrected chi connectivity index (χ3v) is 2.05. The zero-order chi connectivity index (χ0) is 11.8. The Hall–Kier alpha value is -1.80. The fourth-order valence-corrected chi connectivity index (χ4v) is 1.19. The molecule has 16 heavy (non-hydrogen) atoms. The predicted molar refractivity (Wildman–Crippen MR) is 65.7 cm³/mol. The second-order valence-electron chi connectivity index (χ2n) is 3.30. The van der Waals surface area contributed by atoms with E-state index in [0.29, 0.717) is 17.9 Å². The molecule has 0 unspecified atom stereocenters. The average molecular weight is 216 g/mol. The molecule has 0 heterocycles. The van der Waals surface area contributed by atoms with Crippen molar-refractivity contribution >= 4 is 0 Å². The molecule has 2 nitrogen and oxygen atoms in total. The van der Waals surface area contributed by atoms with Crippen molar-refractivity contribution in [3.05, 3.63) is 72.5 Å². The van der Waals surface area contributed by atoms with Crippen LogP contribution in [0, 0.1) is 0 Å². The van der Waals surface area contributed by atoms with Crippen molar-refractivity contribution in [3.63, 3.8) is 0 Å². The van der Waals surface area contributed by atoms with Crippen LogP contribution in [0.1, 0.15) is 5.56 Å². The highest BCUT2D eigenvalue weighted by Crippen LogP contribution is 2.12. The van der Waals surface area contributed by atoms with E-state index in [-0.39, 0.29) is 6.61 Å². The number of rotatable bonds is 6. The van der Waals surface area contributed by atoms with E-state index in [1.165, 1.54) is 0 Å². The second-order valence-corrected chi connectivity index (χ2v) is 3.30. The summed E-state index contributed by atoms with van der Waals surface area (Å²) in [5, 5.41) is 8.97. The number of allylic oxidation sites excluding steroid dienone is 2. The third kappa shape index (κ3) is 3.75. The molecule has 0 radical (unpaired) electrons. The summed E-state index contributed by atoms with van der Waals surface area (Å²) in [6, 6.07) is 9.82. The third-order valence-electron chi connectivity index (χ3n) is 2.05. The normalized spacial score (nSPS) is 10.9. The molecule has 0 saturated carbocycles. The van der Waals surface area contributed by atoms with E-state index in [2.05, 4.69) is 13.2 Å². The lowest BCUT2D eigenvalue weighted by molar-refractivity contribution is 0.197. The van der Waals surface area contributed by atoms with E-state index in [4.69, 9.17) is 9.84 Å². The van der Waals surface area contributed by atoms with Crippen LogP contribution in [0.2, 0.25) is 0 Å².